The average molecular weight is 760 g/mol. The molecule has 0 saturated carbocycles. The zero-order chi connectivity index (χ0) is 41.5. The molecular formula is C52H26B6N2O. The summed E-state index contributed by atoms with van der Waals surface area (Å²) in [6.45, 7) is 0. The van der Waals surface area contributed by atoms with Crippen LogP contribution in [0.4, 0.5) is 0 Å². The average Bonchev–Trinajstić information content (AvgIpc) is 3.72. The van der Waals surface area contributed by atoms with E-state index in [1.54, 1.807) is 0 Å². The lowest BCUT2D eigenvalue weighted by molar-refractivity contribution is 0.675. The van der Waals surface area contributed by atoms with Crippen molar-refractivity contribution in [3.8, 4) is 56.2 Å². The summed E-state index contributed by atoms with van der Waals surface area (Å²) in [6.07, 6.45) is 0. The van der Waals surface area contributed by atoms with Crippen LogP contribution in [0.5, 0.6) is 0 Å². The molecule has 2 aromatic heterocycles. The largest absolute Gasteiger partial charge is 0.457 e. The van der Waals surface area contributed by atoms with E-state index in [2.05, 4.69) is 84.9 Å². The van der Waals surface area contributed by atoms with Crippen LogP contribution >= 0.6 is 0 Å². The Balaban J connectivity index is 1.20. The predicted molar refractivity (Wildman–Crippen MR) is 261 cm³/mol. The van der Waals surface area contributed by atoms with Gasteiger partial charge < -0.3 is 4.42 Å². The molecule has 0 aliphatic rings. The predicted octanol–water partition coefficient (Wildman–Crippen LogP) is 6.93. The molecule has 11 aromatic rings. The third kappa shape index (κ3) is 5.82. The third-order valence-electron chi connectivity index (χ3n) is 11.9. The highest BCUT2D eigenvalue weighted by Crippen LogP contribution is 2.39. The van der Waals surface area contributed by atoms with Crippen LogP contribution in [0.25, 0.3) is 110 Å². The number of fused-ring (bicyclic) bond motifs is 9. The molecule has 3 nitrogen and oxygen atoms in total. The smallest absolute Gasteiger partial charge is 0.160 e. The molecule has 0 spiro atoms. The van der Waals surface area contributed by atoms with Gasteiger partial charge in [0.1, 0.15) is 58.2 Å². The molecule has 0 N–H and O–H groups in total. The molecular weight excluding hydrogens is 733 g/mol. The lowest BCUT2D eigenvalue weighted by Gasteiger charge is -2.19. The van der Waals surface area contributed by atoms with Crippen LogP contribution in [0.15, 0.2) is 162 Å². The Hall–Kier alpha value is -6.97. The van der Waals surface area contributed by atoms with Crippen molar-refractivity contribution in [3.63, 3.8) is 0 Å². The van der Waals surface area contributed by atoms with Gasteiger partial charge >= 0.3 is 0 Å². The van der Waals surface area contributed by atoms with Crippen LogP contribution < -0.4 is 32.8 Å². The lowest BCUT2D eigenvalue weighted by atomic mass is 9.66. The number of aromatic nitrogens is 2. The van der Waals surface area contributed by atoms with Gasteiger partial charge in [-0.2, -0.15) is 0 Å². The summed E-state index contributed by atoms with van der Waals surface area (Å²) in [5, 5.41) is 7.78. The summed E-state index contributed by atoms with van der Waals surface area (Å²) in [5.74, 6) is 0.484. The summed E-state index contributed by atoms with van der Waals surface area (Å²) in [5.41, 5.74) is 8.72. The number of hydrogen-bond donors (Lipinski definition) is 0. The van der Waals surface area contributed by atoms with E-state index in [0.717, 1.165) is 54.7 Å². The summed E-state index contributed by atoms with van der Waals surface area (Å²) in [6, 6.07) is 53.3. The minimum atomic E-state index is 0.146. The molecule has 0 aliphatic carbocycles. The minimum Gasteiger partial charge on any atom is -0.457 e. The van der Waals surface area contributed by atoms with Crippen molar-refractivity contribution < 1.29 is 4.42 Å². The molecule has 0 saturated heterocycles. The van der Waals surface area contributed by atoms with Crippen molar-refractivity contribution in [3.05, 3.63) is 158 Å². The van der Waals surface area contributed by atoms with Gasteiger partial charge in [0.05, 0.1) is 11.4 Å². The first kappa shape index (κ1) is 37.1. The first-order valence-electron chi connectivity index (χ1n) is 19.9. The van der Waals surface area contributed by atoms with Gasteiger partial charge in [-0.25, -0.2) is 9.97 Å². The van der Waals surface area contributed by atoms with E-state index in [1.165, 1.54) is 5.39 Å². The Morgan fingerprint density at radius 1 is 0.311 bits per heavy atom. The number of nitrogens with zero attached hydrogens (tertiary/aromatic N) is 2. The first-order chi connectivity index (χ1) is 29.8. The molecule has 0 aliphatic heterocycles. The third-order valence-corrected chi connectivity index (χ3v) is 11.9. The Labute approximate surface area is 360 Å². The van der Waals surface area contributed by atoms with Crippen LogP contribution in [0.1, 0.15) is 0 Å². The van der Waals surface area contributed by atoms with Crippen molar-refractivity contribution in [1.29, 1.82) is 0 Å². The Kier molecular flexibility index (Phi) is 8.72. The fourth-order valence-electron chi connectivity index (χ4n) is 8.94. The maximum Gasteiger partial charge on any atom is 0.160 e. The van der Waals surface area contributed by atoms with Gasteiger partial charge in [0.25, 0.3) is 0 Å². The van der Waals surface area contributed by atoms with E-state index in [4.69, 9.17) is 61.5 Å². The zero-order valence-electron chi connectivity index (χ0n) is 32.8. The van der Waals surface area contributed by atoms with Gasteiger partial charge in [-0.1, -0.05) is 167 Å². The van der Waals surface area contributed by atoms with Crippen molar-refractivity contribution >= 4 is 134 Å². The highest BCUT2D eigenvalue weighted by Gasteiger charge is 2.26. The Morgan fingerprint density at radius 2 is 0.820 bits per heavy atom. The van der Waals surface area contributed by atoms with Crippen LogP contribution in [-0.2, 0) is 0 Å². The molecule has 9 heteroatoms. The van der Waals surface area contributed by atoms with Crippen molar-refractivity contribution in [2.45, 2.75) is 0 Å². The van der Waals surface area contributed by atoms with Crippen molar-refractivity contribution in [1.82, 2.24) is 9.97 Å². The van der Waals surface area contributed by atoms with Crippen LogP contribution in [0, 0.1) is 0 Å². The van der Waals surface area contributed by atoms with Crippen LogP contribution in [-0.4, -0.2) is 57.0 Å². The van der Waals surface area contributed by atoms with E-state index < -0.39 is 0 Å². The van der Waals surface area contributed by atoms with Gasteiger partial charge in [-0.05, 0) is 72.8 Å². The number of hydrogen-bond acceptors (Lipinski definition) is 3. The maximum atomic E-state index is 7.34. The fourth-order valence-corrected chi connectivity index (χ4v) is 8.94. The number of benzene rings is 9. The first-order valence-corrected chi connectivity index (χ1v) is 19.9. The van der Waals surface area contributed by atoms with E-state index >= 15 is 0 Å². The highest BCUT2D eigenvalue weighted by molar-refractivity contribution is 6.65. The maximum absolute atomic E-state index is 7.34. The molecule has 2 heterocycles. The molecule has 0 bridgehead atoms. The topological polar surface area (TPSA) is 38.9 Å². The SMILES string of the molecule is [B]c1c(-c2ccc3c4ccccc4c4ccccc4c3c2)c([B])c2c(oc3c([B])c([B])c([B])c(-c4cc(-c5ccccc5)nc(-c5cccc(-c6ccccc6)c5)n4)c32)c1[B]. The van der Waals surface area contributed by atoms with Crippen molar-refractivity contribution in [2.75, 3.05) is 0 Å². The van der Waals surface area contributed by atoms with Gasteiger partial charge in [0.2, 0.25) is 0 Å². The van der Waals surface area contributed by atoms with Gasteiger partial charge in [0.15, 0.2) is 5.82 Å². The fraction of sp³-hybridized carbons (Fsp3) is 0. The molecule has 12 radical (unpaired) electrons. The van der Waals surface area contributed by atoms with Gasteiger partial charge in [0, 0.05) is 27.5 Å². The minimum absolute atomic E-state index is 0.146. The molecule has 0 fully saturated rings. The van der Waals surface area contributed by atoms with Gasteiger partial charge in [-0.15, -0.1) is 5.46 Å². The Morgan fingerprint density at radius 3 is 1.49 bits per heavy atom. The van der Waals surface area contributed by atoms with Crippen LogP contribution in [0.3, 0.4) is 0 Å². The summed E-state index contributed by atoms with van der Waals surface area (Å²) < 4.78 is 6.55. The molecule has 0 atom stereocenters. The van der Waals surface area contributed by atoms with Gasteiger partial charge in [-0.3, -0.25) is 0 Å². The van der Waals surface area contributed by atoms with E-state index in [1.807, 2.05) is 72.8 Å². The summed E-state index contributed by atoms with van der Waals surface area (Å²) >= 11 is 0. The molecule has 9 aromatic carbocycles. The van der Waals surface area contributed by atoms with Crippen molar-refractivity contribution in [2.24, 2.45) is 0 Å². The van der Waals surface area contributed by atoms with E-state index in [0.29, 0.717) is 44.6 Å². The molecule has 0 amide bonds. The summed E-state index contributed by atoms with van der Waals surface area (Å²) in [7, 11) is 41.7. The highest BCUT2D eigenvalue weighted by atomic mass is 16.3. The second-order valence-corrected chi connectivity index (χ2v) is 15.4. The summed E-state index contributed by atoms with van der Waals surface area (Å²) in [4.78, 5) is 10.3. The normalized spacial score (nSPS) is 11.7. The quantitative estimate of drug-likeness (QED) is 0.141. The second kappa shape index (κ2) is 14.3. The molecule has 61 heavy (non-hydrogen) atoms. The van der Waals surface area contributed by atoms with E-state index in [9.17, 15) is 0 Å². The zero-order valence-corrected chi connectivity index (χ0v) is 32.8. The molecule has 11 rings (SSSR count). The standard InChI is InChI=1S/C52H26B6N2O/c53-44-40(30-22-23-36-34-20-8-7-18-32(34)33-19-9-10-21-35(33)37(36)25-30)45(54)48(57)51-43(44)42-41(46(55)47(56)49(58)50(42)61-51)39-26-38(28-14-5-2-6-15-28)59-52(60-39)31-17-11-16-29(24-31)27-12-3-1-4-13-27/h1-26H. The van der Waals surface area contributed by atoms with Crippen LogP contribution in [0.2, 0.25) is 0 Å². The lowest BCUT2D eigenvalue weighted by Crippen LogP contribution is -2.40. The molecule has 268 valence electrons. The van der Waals surface area contributed by atoms with E-state index in [-0.39, 0.29) is 38.5 Å². The second-order valence-electron chi connectivity index (χ2n) is 15.4. The monoisotopic (exact) mass is 760 g/mol. The number of rotatable bonds is 5. The Bertz CT molecular complexity index is 3570. The number of furan rings is 1. The molecule has 0 unspecified atom stereocenters.